The maximum Gasteiger partial charge on any atom is 0.264 e. The van der Waals surface area contributed by atoms with E-state index in [2.05, 4.69) is 23.1 Å². The second kappa shape index (κ2) is 9.06. The number of hydrogen-bond donors (Lipinski definition) is 0. The van der Waals surface area contributed by atoms with Crippen molar-refractivity contribution in [1.29, 1.82) is 0 Å². The smallest absolute Gasteiger partial charge is 0.264 e. The molecule has 2 aliphatic heterocycles. The van der Waals surface area contributed by atoms with Crippen molar-refractivity contribution < 1.29 is 9.59 Å². The number of thiophene rings is 1. The number of para-hydroxylation sites is 1. The summed E-state index contributed by atoms with van der Waals surface area (Å²) < 4.78 is 1.26. The fourth-order valence-corrected chi connectivity index (χ4v) is 6.24. The van der Waals surface area contributed by atoms with Crippen molar-refractivity contribution in [3.63, 3.8) is 0 Å². The molecular weight excluding hydrogens is 428 g/mol. The van der Waals surface area contributed by atoms with Crippen LogP contribution in [0.3, 0.4) is 0 Å². The molecule has 2 amide bonds. The maximum atomic E-state index is 12.8. The number of carbonyl (C=O) groups is 2. The molecule has 1 aromatic carbocycles. The molecule has 0 N–H and O–H groups in total. The Labute approximate surface area is 190 Å². The second-order valence-corrected chi connectivity index (χ2v) is 10.2. The first-order chi connectivity index (χ1) is 15.2. The lowest BCUT2D eigenvalue weighted by Crippen LogP contribution is -2.53. The standard InChI is InChI=1S/C23H26N4O2S2/c28-21(26-11-13-27(14-12-26)23(29)20-6-3-15-30-20)16-25-9-7-17(8-10-25)22-24-18-4-1-2-5-19(18)31-22/h1-6,15,17H,7-14,16H2. The molecule has 3 aromatic rings. The molecular formula is C23H26N4O2S2. The number of benzene rings is 1. The summed E-state index contributed by atoms with van der Waals surface area (Å²) in [6.45, 7) is 4.82. The van der Waals surface area contributed by atoms with Crippen LogP contribution in [0.5, 0.6) is 0 Å². The van der Waals surface area contributed by atoms with Gasteiger partial charge in [-0.05, 0) is 49.5 Å². The minimum atomic E-state index is 0.0824. The van der Waals surface area contributed by atoms with Crippen LogP contribution in [-0.4, -0.2) is 77.3 Å². The SMILES string of the molecule is O=C(CN1CCC(c2nc3ccccc3s2)CC1)N1CCN(C(=O)c2cccs2)CC1. The largest absolute Gasteiger partial charge is 0.338 e. The average molecular weight is 455 g/mol. The van der Waals surface area contributed by atoms with E-state index >= 15 is 0 Å². The Morgan fingerprint density at radius 1 is 0.935 bits per heavy atom. The Balaban J connectivity index is 1.09. The van der Waals surface area contributed by atoms with E-state index in [0.717, 1.165) is 36.3 Å². The van der Waals surface area contributed by atoms with Gasteiger partial charge in [-0.25, -0.2) is 4.98 Å². The lowest BCUT2D eigenvalue weighted by molar-refractivity contribution is -0.134. The Morgan fingerprint density at radius 3 is 2.39 bits per heavy atom. The molecule has 8 heteroatoms. The third-order valence-corrected chi connectivity index (χ3v) is 8.31. The number of carbonyl (C=O) groups excluding carboxylic acids is 2. The van der Waals surface area contributed by atoms with E-state index in [9.17, 15) is 9.59 Å². The van der Waals surface area contributed by atoms with Crippen LogP contribution in [0.2, 0.25) is 0 Å². The molecule has 0 bridgehead atoms. The van der Waals surface area contributed by atoms with Gasteiger partial charge in [-0.1, -0.05) is 18.2 Å². The van der Waals surface area contributed by atoms with Gasteiger partial charge in [0.2, 0.25) is 5.91 Å². The van der Waals surface area contributed by atoms with Gasteiger partial charge in [-0.3, -0.25) is 14.5 Å². The number of amides is 2. The predicted octanol–water partition coefficient (Wildman–Crippen LogP) is 3.52. The van der Waals surface area contributed by atoms with Gasteiger partial charge >= 0.3 is 0 Å². The predicted molar refractivity (Wildman–Crippen MR) is 125 cm³/mol. The number of likely N-dealkylation sites (tertiary alicyclic amines) is 1. The summed E-state index contributed by atoms with van der Waals surface area (Å²) in [7, 11) is 0. The van der Waals surface area contributed by atoms with Crippen molar-refractivity contribution in [2.75, 3.05) is 45.8 Å². The van der Waals surface area contributed by atoms with E-state index < -0.39 is 0 Å². The van der Waals surface area contributed by atoms with Gasteiger partial charge in [-0.2, -0.15) is 0 Å². The van der Waals surface area contributed by atoms with E-state index in [1.807, 2.05) is 33.4 Å². The van der Waals surface area contributed by atoms with Crippen LogP contribution in [0, 0.1) is 0 Å². The van der Waals surface area contributed by atoms with Crippen LogP contribution >= 0.6 is 22.7 Å². The molecule has 0 radical (unpaired) electrons. The lowest BCUT2D eigenvalue weighted by atomic mass is 9.97. The monoisotopic (exact) mass is 454 g/mol. The summed E-state index contributed by atoms with van der Waals surface area (Å²) in [4.78, 5) is 36.9. The molecule has 2 saturated heterocycles. The maximum absolute atomic E-state index is 12.8. The third kappa shape index (κ3) is 4.51. The van der Waals surface area contributed by atoms with E-state index in [4.69, 9.17) is 4.98 Å². The molecule has 2 aromatic heterocycles. The van der Waals surface area contributed by atoms with Gasteiger partial charge in [0.1, 0.15) is 0 Å². The number of fused-ring (bicyclic) bond motifs is 1. The van der Waals surface area contributed by atoms with Gasteiger partial charge in [0, 0.05) is 32.1 Å². The molecule has 6 nitrogen and oxygen atoms in total. The van der Waals surface area contributed by atoms with Gasteiger partial charge in [0.05, 0.1) is 26.6 Å². The fraction of sp³-hybridized carbons (Fsp3) is 0.435. The summed E-state index contributed by atoms with van der Waals surface area (Å²) in [5, 5.41) is 3.16. The molecule has 2 aliphatic rings. The molecule has 0 saturated carbocycles. The van der Waals surface area contributed by atoms with E-state index in [1.165, 1.54) is 21.0 Å². The lowest BCUT2D eigenvalue weighted by Gasteiger charge is -2.37. The van der Waals surface area contributed by atoms with E-state index in [-0.39, 0.29) is 11.8 Å². The van der Waals surface area contributed by atoms with Crippen molar-refractivity contribution in [3.8, 4) is 0 Å². The number of hydrogen-bond acceptors (Lipinski definition) is 6. The average Bonchev–Trinajstić information content (AvgIpc) is 3.49. The number of rotatable bonds is 4. The molecule has 4 heterocycles. The van der Waals surface area contributed by atoms with Crippen LogP contribution in [-0.2, 0) is 4.79 Å². The molecule has 2 fully saturated rings. The molecule has 0 spiro atoms. The quantitative estimate of drug-likeness (QED) is 0.605. The third-order valence-electron chi connectivity index (χ3n) is 6.26. The van der Waals surface area contributed by atoms with Crippen molar-refractivity contribution >= 4 is 44.7 Å². The van der Waals surface area contributed by atoms with Crippen LogP contribution in [0.15, 0.2) is 41.8 Å². The summed E-state index contributed by atoms with van der Waals surface area (Å²) in [5.74, 6) is 0.760. The van der Waals surface area contributed by atoms with Crippen LogP contribution in [0.1, 0.15) is 33.4 Å². The highest BCUT2D eigenvalue weighted by Crippen LogP contribution is 2.33. The minimum absolute atomic E-state index is 0.0824. The Morgan fingerprint density at radius 2 is 1.68 bits per heavy atom. The zero-order valence-corrected chi connectivity index (χ0v) is 19.0. The van der Waals surface area contributed by atoms with Gasteiger partial charge in [0.25, 0.3) is 5.91 Å². The summed E-state index contributed by atoms with van der Waals surface area (Å²) in [6, 6.07) is 12.1. The molecule has 31 heavy (non-hydrogen) atoms. The molecule has 0 aliphatic carbocycles. The second-order valence-electron chi connectivity index (χ2n) is 8.22. The Kier molecular flexibility index (Phi) is 6.02. The highest BCUT2D eigenvalue weighted by atomic mass is 32.1. The number of nitrogens with zero attached hydrogens (tertiary/aromatic N) is 4. The zero-order chi connectivity index (χ0) is 21.2. The fourth-order valence-electron chi connectivity index (χ4n) is 4.41. The summed E-state index contributed by atoms with van der Waals surface area (Å²) in [5.41, 5.74) is 1.09. The highest BCUT2D eigenvalue weighted by Gasteiger charge is 2.28. The highest BCUT2D eigenvalue weighted by molar-refractivity contribution is 7.18. The van der Waals surface area contributed by atoms with E-state index in [1.54, 1.807) is 11.3 Å². The number of aromatic nitrogens is 1. The van der Waals surface area contributed by atoms with Gasteiger partial charge in [-0.15, -0.1) is 22.7 Å². The summed E-state index contributed by atoms with van der Waals surface area (Å²) in [6.07, 6.45) is 2.10. The normalized spacial score (nSPS) is 18.6. The molecule has 162 valence electrons. The topological polar surface area (TPSA) is 56.8 Å². The Hall–Kier alpha value is -2.29. The van der Waals surface area contributed by atoms with Crippen LogP contribution < -0.4 is 0 Å². The minimum Gasteiger partial charge on any atom is -0.338 e. The Bertz CT molecular complexity index is 1020. The molecule has 0 atom stereocenters. The van der Waals surface area contributed by atoms with Gasteiger partial charge < -0.3 is 9.80 Å². The van der Waals surface area contributed by atoms with Crippen LogP contribution in [0.4, 0.5) is 0 Å². The molecule has 5 rings (SSSR count). The van der Waals surface area contributed by atoms with Crippen molar-refractivity contribution in [2.24, 2.45) is 0 Å². The number of piperidine rings is 1. The molecule has 0 unspecified atom stereocenters. The van der Waals surface area contributed by atoms with Crippen LogP contribution in [0.25, 0.3) is 10.2 Å². The van der Waals surface area contributed by atoms with Crippen molar-refractivity contribution in [3.05, 3.63) is 51.7 Å². The first kappa shape index (κ1) is 20.6. The zero-order valence-electron chi connectivity index (χ0n) is 17.4. The number of piperazine rings is 1. The number of thiazole rings is 1. The van der Waals surface area contributed by atoms with Gasteiger partial charge in [0.15, 0.2) is 0 Å². The van der Waals surface area contributed by atoms with Crippen molar-refractivity contribution in [2.45, 2.75) is 18.8 Å². The van der Waals surface area contributed by atoms with E-state index in [0.29, 0.717) is 38.6 Å². The first-order valence-corrected chi connectivity index (χ1v) is 12.6. The first-order valence-electron chi connectivity index (χ1n) is 10.9. The van der Waals surface area contributed by atoms with Crippen molar-refractivity contribution in [1.82, 2.24) is 19.7 Å². The summed E-state index contributed by atoms with van der Waals surface area (Å²) >= 11 is 3.28.